The Morgan fingerprint density at radius 2 is 2.21 bits per heavy atom. The molecule has 0 radical (unpaired) electrons. The van der Waals surface area contributed by atoms with E-state index in [-0.39, 0.29) is 11.4 Å². The van der Waals surface area contributed by atoms with Crippen molar-refractivity contribution in [2.45, 2.75) is 19.5 Å². The van der Waals surface area contributed by atoms with Gasteiger partial charge < -0.3 is 20.1 Å². The quantitative estimate of drug-likeness (QED) is 0.475. The van der Waals surface area contributed by atoms with Gasteiger partial charge >= 0.3 is 5.97 Å². The van der Waals surface area contributed by atoms with Gasteiger partial charge in [0.25, 0.3) is 11.6 Å². The Balaban J connectivity index is 2.98. The van der Waals surface area contributed by atoms with Gasteiger partial charge in [-0.25, -0.2) is 4.79 Å². The Labute approximate surface area is 107 Å². The van der Waals surface area contributed by atoms with Crippen LogP contribution in [-0.4, -0.2) is 44.2 Å². The summed E-state index contributed by atoms with van der Waals surface area (Å²) in [4.78, 5) is 32.4. The molecule has 3 N–H and O–H groups in total. The highest BCUT2D eigenvalue weighted by Crippen LogP contribution is 2.16. The molecule has 0 saturated carbocycles. The number of aliphatic carboxylic acids is 1. The maximum Gasteiger partial charge on any atom is 0.328 e. The number of carbonyl (C=O) groups excluding carboxylic acids is 1. The zero-order valence-corrected chi connectivity index (χ0v) is 10.1. The van der Waals surface area contributed by atoms with Crippen molar-refractivity contribution in [2.24, 2.45) is 0 Å². The number of aryl methyl sites for hydroxylation is 1. The van der Waals surface area contributed by atoms with Crippen molar-refractivity contribution in [1.29, 1.82) is 0 Å². The van der Waals surface area contributed by atoms with E-state index in [1.807, 2.05) is 0 Å². The minimum Gasteiger partial charge on any atom is -0.480 e. The smallest absolute Gasteiger partial charge is 0.328 e. The molecule has 1 atom stereocenters. The highest BCUT2D eigenvalue weighted by molar-refractivity contribution is 5.96. The van der Waals surface area contributed by atoms with E-state index >= 15 is 0 Å². The van der Waals surface area contributed by atoms with Gasteiger partial charge in [0.15, 0.2) is 6.04 Å². The first-order valence-corrected chi connectivity index (χ1v) is 5.39. The second-order valence-electron chi connectivity index (χ2n) is 3.67. The molecule has 0 spiro atoms. The summed E-state index contributed by atoms with van der Waals surface area (Å²) in [7, 11) is 0. The number of aliphatic hydroxyl groups excluding tert-OH is 1. The van der Waals surface area contributed by atoms with E-state index in [1.54, 1.807) is 6.92 Å². The van der Waals surface area contributed by atoms with Crippen molar-refractivity contribution >= 4 is 17.6 Å². The molecule has 104 valence electrons. The predicted molar refractivity (Wildman–Crippen MR) is 62.7 cm³/mol. The van der Waals surface area contributed by atoms with Crippen LogP contribution >= 0.6 is 0 Å². The van der Waals surface area contributed by atoms with Gasteiger partial charge in [-0.2, -0.15) is 0 Å². The maximum atomic E-state index is 11.8. The third kappa shape index (κ3) is 3.28. The number of nitro groups is 1. The molecule has 0 bridgehead atoms. The second-order valence-corrected chi connectivity index (χ2v) is 3.67. The molecular formula is C10H13N3O6. The number of aromatic nitrogens is 1. The van der Waals surface area contributed by atoms with Gasteiger partial charge in [-0.1, -0.05) is 0 Å². The Bertz CT molecular complexity index is 509. The van der Waals surface area contributed by atoms with Crippen molar-refractivity contribution in [3.63, 3.8) is 0 Å². The molecule has 1 aromatic rings. The van der Waals surface area contributed by atoms with E-state index in [4.69, 9.17) is 10.2 Å². The molecule has 0 aliphatic carbocycles. The van der Waals surface area contributed by atoms with Gasteiger partial charge in [0.1, 0.15) is 5.69 Å². The van der Waals surface area contributed by atoms with Crippen LogP contribution in [0.1, 0.15) is 17.4 Å². The number of hydrogen-bond acceptors (Lipinski definition) is 5. The first-order chi connectivity index (χ1) is 8.90. The molecule has 1 heterocycles. The number of aliphatic hydroxyl groups is 1. The number of amides is 1. The summed E-state index contributed by atoms with van der Waals surface area (Å²) in [6.45, 7) is 1.23. The SMILES string of the molecule is CCn1cc([N+](=O)[O-])cc1C(=O)N[C@@H](CO)C(=O)O. The summed E-state index contributed by atoms with van der Waals surface area (Å²) in [6.07, 6.45) is 1.18. The third-order valence-electron chi connectivity index (χ3n) is 2.45. The van der Waals surface area contributed by atoms with E-state index in [1.165, 1.54) is 10.8 Å². The predicted octanol–water partition coefficient (Wildman–Crippen LogP) is -0.409. The molecule has 1 rings (SSSR count). The lowest BCUT2D eigenvalue weighted by Gasteiger charge is -2.12. The summed E-state index contributed by atoms with van der Waals surface area (Å²) in [5, 5.41) is 30.2. The van der Waals surface area contributed by atoms with Crippen LogP contribution in [0.3, 0.4) is 0 Å². The fraction of sp³-hybridized carbons (Fsp3) is 0.400. The molecule has 0 aromatic carbocycles. The maximum absolute atomic E-state index is 11.8. The largest absolute Gasteiger partial charge is 0.480 e. The van der Waals surface area contributed by atoms with Crippen molar-refractivity contribution in [1.82, 2.24) is 9.88 Å². The van der Waals surface area contributed by atoms with Gasteiger partial charge in [0.2, 0.25) is 0 Å². The van der Waals surface area contributed by atoms with Gasteiger partial charge in [-0.15, -0.1) is 0 Å². The molecule has 1 amide bonds. The zero-order chi connectivity index (χ0) is 14.6. The molecule has 1 aromatic heterocycles. The van der Waals surface area contributed by atoms with Gasteiger partial charge in [0.05, 0.1) is 17.7 Å². The van der Waals surface area contributed by atoms with Crippen LogP contribution in [0.15, 0.2) is 12.3 Å². The summed E-state index contributed by atoms with van der Waals surface area (Å²) in [6, 6.07) is -0.401. The van der Waals surface area contributed by atoms with Crippen molar-refractivity contribution in [3.05, 3.63) is 28.1 Å². The van der Waals surface area contributed by atoms with Crippen LogP contribution in [0.2, 0.25) is 0 Å². The molecule has 0 saturated heterocycles. The van der Waals surface area contributed by atoms with Crippen molar-refractivity contribution in [2.75, 3.05) is 6.61 Å². The summed E-state index contributed by atoms with van der Waals surface area (Å²) in [5.74, 6) is -2.18. The summed E-state index contributed by atoms with van der Waals surface area (Å²) >= 11 is 0. The van der Waals surface area contributed by atoms with Crippen LogP contribution in [0, 0.1) is 10.1 Å². The van der Waals surface area contributed by atoms with Crippen LogP contribution in [0.5, 0.6) is 0 Å². The average Bonchev–Trinajstić information content (AvgIpc) is 2.79. The van der Waals surface area contributed by atoms with Crippen molar-refractivity contribution < 1.29 is 24.7 Å². The number of carboxylic acids is 1. The van der Waals surface area contributed by atoms with Crippen LogP contribution in [0.4, 0.5) is 5.69 Å². The second kappa shape index (κ2) is 5.96. The Morgan fingerprint density at radius 3 is 2.63 bits per heavy atom. The molecule has 0 aliphatic rings. The number of carbonyl (C=O) groups is 2. The lowest BCUT2D eigenvalue weighted by Crippen LogP contribution is -2.43. The molecular weight excluding hydrogens is 258 g/mol. The third-order valence-corrected chi connectivity index (χ3v) is 2.45. The standard InChI is InChI=1S/C10H13N3O6/c1-2-12-4-6(13(18)19)3-8(12)9(15)11-7(5-14)10(16)17/h3-4,7,14H,2,5H2,1H3,(H,11,15)(H,16,17)/t7-/m0/s1. The molecule has 9 nitrogen and oxygen atoms in total. The Morgan fingerprint density at radius 1 is 1.58 bits per heavy atom. The van der Waals surface area contributed by atoms with E-state index in [0.717, 1.165) is 6.07 Å². The molecule has 9 heteroatoms. The zero-order valence-electron chi connectivity index (χ0n) is 10.1. The minimum absolute atomic E-state index is 0.0334. The molecule has 19 heavy (non-hydrogen) atoms. The topological polar surface area (TPSA) is 135 Å². The van der Waals surface area contributed by atoms with Gasteiger partial charge in [-0.05, 0) is 6.92 Å². The van der Waals surface area contributed by atoms with Gasteiger partial charge in [0, 0.05) is 12.6 Å². The lowest BCUT2D eigenvalue weighted by molar-refractivity contribution is -0.384. The first-order valence-electron chi connectivity index (χ1n) is 5.39. The summed E-state index contributed by atoms with van der Waals surface area (Å²) < 4.78 is 1.32. The highest BCUT2D eigenvalue weighted by Gasteiger charge is 2.23. The van der Waals surface area contributed by atoms with Crippen molar-refractivity contribution in [3.8, 4) is 0 Å². The van der Waals surface area contributed by atoms with E-state index in [2.05, 4.69) is 5.32 Å². The van der Waals surface area contributed by atoms with Gasteiger partial charge in [-0.3, -0.25) is 14.9 Å². The minimum atomic E-state index is -1.45. The number of nitrogens with zero attached hydrogens (tertiary/aromatic N) is 2. The number of carboxylic acid groups (broad SMARTS) is 1. The number of hydrogen-bond donors (Lipinski definition) is 3. The molecule has 0 unspecified atom stereocenters. The molecule has 0 aliphatic heterocycles. The fourth-order valence-corrected chi connectivity index (χ4v) is 1.46. The lowest BCUT2D eigenvalue weighted by atomic mass is 10.3. The number of nitrogens with one attached hydrogen (secondary N) is 1. The summed E-state index contributed by atoms with van der Waals surface area (Å²) in [5.41, 5.74) is -0.295. The highest BCUT2D eigenvalue weighted by atomic mass is 16.6. The normalized spacial score (nSPS) is 11.9. The Kier molecular flexibility index (Phi) is 4.59. The molecule has 0 fully saturated rings. The fourth-order valence-electron chi connectivity index (χ4n) is 1.46. The van der Waals surface area contributed by atoms with E-state index in [9.17, 15) is 19.7 Å². The van der Waals surface area contributed by atoms with E-state index in [0.29, 0.717) is 6.54 Å². The Hall–Kier alpha value is -2.42. The number of rotatable bonds is 6. The van der Waals surface area contributed by atoms with E-state index < -0.39 is 29.4 Å². The monoisotopic (exact) mass is 271 g/mol. The first kappa shape index (κ1) is 14.6. The van der Waals surface area contributed by atoms with Crippen LogP contribution < -0.4 is 5.32 Å². The average molecular weight is 271 g/mol. The van der Waals surface area contributed by atoms with Crippen LogP contribution in [-0.2, 0) is 11.3 Å². The van der Waals surface area contributed by atoms with Crippen LogP contribution in [0.25, 0.3) is 0 Å².